The quantitative estimate of drug-likeness (QED) is 0.225. The van der Waals surface area contributed by atoms with Crippen molar-refractivity contribution in [3.05, 3.63) is 61.2 Å². The van der Waals surface area contributed by atoms with Crippen molar-refractivity contribution in [2.24, 2.45) is 5.92 Å². The number of allylic oxidation sites excluding steroid dienone is 2. The number of amides is 2. The summed E-state index contributed by atoms with van der Waals surface area (Å²) in [4.78, 5) is 37.1. The van der Waals surface area contributed by atoms with E-state index in [0.29, 0.717) is 12.8 Å². The number of hydrogen-bond donors (Lipinski definition) is 3. The largest absolute Gasteiger partial charge is 0.463 e. The fourth-order valence-electron chi connectivity index (χ4n) is 2.92. The van der Waals surface area contributed by atoms with Gasteiger partial charge < -0.3 is 20.5 Å². The zero-order valence-electron chi connectivity index (χ0n) is 18.2. The summed E-state index contributed by atoms with van der Waals surface area (Å²) < 4.78 is 5.38. The lowest BCUT2D eigenvalue weighted by molar-refractivity contribution is -0.145. The number of ether oxygens (including phenoxy) is 1. The number of carbonyl (C=O) groups excluding carboxylic acids is 3. The number of aliphatic hydroxyl groups is 1. The van der Waals surface area contributed by atoms with Crippen LogP contribution in [0.5, 0.6) is 0 Å². The zero-order valence-corrected chi connectivity index (χ0v) is 18.2. The molecule has 170 valence electrons. The molecule has 1 aromatic rings. The Balaban J connectivity index is 2.81. The summed E-state index contributed by atoms with van der Waals surface area (Å²) >= 11 is 0. The topological polar surface area (TPSA) is 105 Å². The Morgan fingerprint density at radius 2 is 1.84 bits per heavy atom. The average molecular weight is 431 g/mol. The predicted molar refractivity (Wildman–Crippen MR) is 120 cm³/mol. The molecule has 0 saturated heterocycles. The summed E-state index contributed by atoms with van der Waals surface area (Å²) in [5.41, 5.74) is 0.797. The van der Waals surface area contributed by atoms with Crippen LogP contribution in [0.2, 0.25) is 0 Å². The summed E-state index contributed by atoms with van der Waals surface area (Å²) in [6, 6.07) is 8.29. The van der Waals surface area contributed by atoms with Gasteiger partial charge in [-0.05, 0) is 31.7 Å². The van der Waals surface area contributed by atoms with Crippen molar-refractivity contribution in [2.45, 2.75) is 51.1 Å². The van der Waals surface area contributed by atoms with Crippen molar-refractivity contribution in [1.82, 2.24) is 10.6 Å². The maximum absolute atomic E-state index is 12.9. The van der Waals surface area contributed by atoms with Crippen LogP contribution in [0.1, 0.15) is 50.6 Å². The Labute approximate surface area is 184 Å². The molecular formula is C24H34N2O5. The van der Waals surface area contributed by atoms with E-state index >= 15 is 0 Å². The molecule has 0 radical (unpaired) electrons. The molecule has 7 heteroatoms. The van der Waals surface area contributed by atoms with E-state index in [1.807, 2.05) is 30.3 Å². The van der Waals surface area contributed by atoms with Gasteiger partial charge in [-0.25, -0.2) is 0 Å². The molecule has 0 aliphatic heterocycles. The summed E-state index contributed by atoms with van der Waals surface area (Å²) in [6.45, 7) is 8.79. The van der Waals surface area contributed by atoms with Crippen LogP contribution in [0, 0.1) is 5.92 Å². The van der Waals surface area contributed by atoms with Crippen molar-refractivity contribution in [3.8, 4) is 0 Å². The number of carbonyl (C=O) groups is 3. The molecule has 1 rings (SSSR count). The molecule has 3 atom stereocenters. The molecule has 0 bridgehead atoms. The first kappa shape index (κ1) is 26.1. The first-order chi connectivity index (χ1) is 14.9. The SMILES string of the molecule is C=CCCCC(=O)OC[C@@H](NC(=O)[C@@H](CC=C)CC(=O)N[C@@H](C)CO)c1ccccc1. The zero-order chi connectivity index (χ0) is 23.1. The molecule has 31 heavy (non-hydrogen) atoms. The number of esters is 1. The van der Waals surface area contributed by atoms with E-state index in [4.69, 9.17) is 9.84 Å². The van der Waals surface area contributed by atoms with Gasteiger partial charge in [-0.1, -0.05) is 42.5 Å². The summed E-state index contributed by atoms with van der Waals surface area (Å²) in [7, 11) is 0. The van der Waals surface area contributed by atoms with Crippen molar-refractivity contribution < 1.29 is 24.2 Å². The lowest BCUT2D eigenvalue weighted by Gasteiger charge is -2.23. The third kappa shape index (κ3) is 10.6. The molecule has 0 aromatic heterocycles. The van der Waals surface area contributed by atoms with Crippen LogP contribution in [-0.4, -0.2) is 42.1 Å². The van der Waals surface area contributed by atoms with E-state index in [1.165, 1.54) is 0 Å². The van der Waals surface area contributed by atoms with Crippen LogP contribution in [0.15, 0.2) is 55.6 Å². The molecule has 0 heterocycles. The molecule has 0 saturated carbocycles. The number of aliphatic hydroxyl groups excluding tert-OH is 1. The monoisotopic (exact) mass is 430 g/mol. The van der Waals surface area contributed by atoms with Gasteiger partial charge in [0.1, 0.15) is 6.61 Å². The van der Waals surface area contributed by atoms with Gasteiger partial charge in [0.15, 0.2) is 0 Å². The van der Waals surface area contributed by atoms with E-state index in [9.17, 15) is 14.4 Å². The maximum atomic E-state index is 12.9. The minimum absolute atomic E-state index is 0.00275. The summed E-state index contributed by atoms with van der Waals surface area (Å²) in [5.74, 6) is -1.62. The number of nitrogens with one attached hydrogen (secondary N) is 2. The highest BCUT2D eigenvalue weighted by molar-refractivity contribution is 5.86. The first-order valence-corrected chi connectivity index (χ1v) is 10.5. The van der Waals surface area contributed by atoms with E-state index in [2.05, 4.69) is 23.8 Å². The van der Waals surface area contributed by atoms with Crippen molar-refractivity contribution in [2.75, 3.05) is 13.2 Å². The van der Waals surface area contributed by atoms with Gasteiger partial charge in [-0.3, -0.25) is 14.4 Å². The normalized spacial score (nSPS) is 13.4. The standard InChI is InChI=1S/C24H34N2O5/c1-4-6-8-14-23(29)31-17-21(19-12-9-7-10-13-19)26-24(30)20(11-5-2)15-22(28)25-18(3)16-27/h4-5,7,9-10,12-13,18,20-21,27H,1-2,6,8,11,14-17H2,3H3,(H,25,28)(H,26,30)/t18-,20-,21+/m0/s1. The first-order valence-electron chi connectivity index (χ1n) is 10.5. The second-order valence-electron chi connectivity index (χ2n) is 7.41. The number of benzene rings is 1. The minimum atomic E-state index is -0.627. The molecule has 0 unspecified atom stereocenters. The number of hydrogen-bond acceptors (Lipinski definition) is 5. The van der Waals surface area contributed by atoms with Gasteiger partial charge >= 0.3 is 5.97 Å². The molecule has 0 aliphatic rings. The number of unbranched alkanes of at least 4 members (excludes halogenated alkanes) is 1. The lowest BCUT2D eigenvalue weighted by Crippen LogP contribution is -2.40. The van der Waals surface area contributed by atoms with Crippen LogP contribution in [0.3, 0.4) is 0 Å². The highest BCUT2D eigenvalue weighted by Gasteiger charge is 2.25. The third-order valence-corrected chi connectivity index (χ3v) is 4.65. The lowest BCUT2D eigenvalue weighted by atomic mass is 9.98. The predicted octanol–water partition coefficient (Wildman–Crippen LogP) is 2.82. The Hall–Kier alpha value is -2.93. The van der Waals surface area contributed by atoms with Crippen molar-refractivity contribution in [3.63, 3.8) is 0 Å². The Morgan fingerprint density at radius 1 is 1.13 bits per heavy atom. The van der Waals surface area contributed by atoms with Gasteiger partial charge in [0.25, 0.3) is 0 Å². The molecule has 2 amide bonds. The minimum Gasteiger partial charge on any atom is -0.463 e. The van der Waals surface area contributed by atoms with Crippen LogP contribution >= 0.6 is 0 Å². The Bertz CT molecular complexity index is 720. The van der Waals surface area contributed by atoms with Crippen LogP contribution in [-0.2, 0) is 19.1 Å². The summed E-state index contributed by atoms with van der Waals surface area (Å²) in [6.07, 6.45) is 5.29. The van der Waals surface area contributed by atoms with Crippen molar-refractivity contribution >= 4 is 17.8 Å². The van der Waals surface area contributed by atoms with E-state index < -0.39 is 18.0 Å². The van der Waals surface area contributed by atoms with Gasteiger partial charge in [-0.2, -0.15) is 0 Å². The second kappa shape index (κ2) is 15.0. The van der Waals surface area contributed by atoms with Crippen LogP contribution < -0.4 is 10.6 Å². The fourth-order valence-corrected chi connectivity index (χ4v) is 2.92. The molecule has 3 N–H and O–H groups in total. The molecular weight excluding hydrogens is 396 g/mol. The molecule has 1 aromatic carbocycles. The van der Waals surface area contributed by atoms with Gasteiger partial charge in [0, 0.05) is 18.9 Å². The van der Waals surface area contributed by atoms with Gasteiger partial charge in [0.05, 0.1) is 18.6 Å². The Morgan fingerprint density at radius 3 is 2.45 bits per heavy atom. The summed E-state index contributed by atoms with van der Waals surface area (Å²) in [5, 5.41) is 14.6. The molecule has 7 nitrogen and oxygen atoms in total. The highest BCUT2D eigenvalue weighted by atomic mass is 16.5. The van der Waals surface area contributed by atoms with Crippen molar-refractivity contribution in [1.29, 1.82) is 0 Å². The molecule has 0 spiro atoms. The van der Waals surface area contributed by atoms with Gasteiger partial charge in [0.2, 0.25) is 11.8 Å². The number of rotatable bonds is 15. The molecule has 0 fully saturated rings. The molecule has 0 aliphatic carbocycles. The van der Waals surface area contributed by atoms with Gasteiger partial charge in [-0.15, -0.1) is 13.2 Å². The van der Waals surface area contributed by atoms with E-state index in [-0.39, 0.29) is 43.8 Å². The van der Waals surface area contributed by atoms with E-state index in [1.54, 1.807) is 19.1 Å². The average Bonchev–Trinajstić information content (AvgIpc) is 2.76. The second-order valence-corrected chi connectivity index (χ2v) is 7.41. The van der Waals surface area contributed by atoms with Crippen LogP contribution in [0.4, 0.5) is 0 Å². The Kier molecular flexibility index (Phi) is 12.6. The van der Waals surface area contributed by atoms with E-state index in [0.717, 1.165) is 12.0 Å². The maximum Gasteiger partial charge on any atom is 0.305 e. The fraction of sp³-hybridized carbons (Fsp3) is 0.458. The third-order valence-electron chi connectivity index (χ3n) is 4.65. The van der Waals surface area contributed by atoms with Crippen LogP contribution in [0.25, 0.3) is 0 Å². The smallest absolute Gasteiger partial charge is 0.305 e. The highest BCUT2D eigenvalue weighted by Crippen LogP contribution is 2.17.